The summed E-state index contributed by atoms with van der Waals surface area (Å²) in [4.78, 5) is 19.8. The summed E-state index contributed by atoms with van der Waals surface area (Å²) in [6, 6.07) is 17.9. The van der Waals surface area contributed by atoms with Crippen LogP contribution in [0.1, 0.15) is 47.8 Å². The van der Waals surface area contributed by atoms with Crippen LogP contribution in [0, 0.1) is 0 Å². The number of carbonyl (C=O) groups excluding carboxylic acids is 1. The lowest BCUT2D eigenvalue weighted by Crippen LogP contribution is -2.68. The Bertz CT molecular complexity index is 926. The lowest BCUT2D eigenvalue weighted by Gasteiger charge is -2.57. The first-order valence-electron chi connectivity index (χ1n) is 11.7. The summed E-state index contributed by atoms with van der Waals surface area (Å²) in [6.07, 6.45) is 3.28. The molecule has 32 heavy (non-hydrogen) atoms. The van der Waals surface area contributed by atoms with Gasteiger partial charge in [-0.15, -0.1) is 6.58 Å². The van der Waals surface area contributed by atoms with Gasteiger partial charge >= 0.3 is 0 Å². The Labute approximate surface area is 192 Å². The van der Waals surface area contributed by atoms with Crippen molar-refractivity contribution >= 4 is 5.91 Å². The summed E-state index contributed by atoms with van der Waals surface area (Å²) in [6.45, 7) is 12.4. The Morgan fingerprint density at radius 3 is 2.41 bits per heavy atom. The van der Waals surface area contributed by atoms with E-state index in [9.17, 15) is 4.79 Å². The molecule has 0 radical (unpaired) electrons. The van der Waals surface area contributed by atoms with Crippen molar-refractivity contribution in [3.8, 4) is 5.75 Å². The lowest BCUT2D eigenvalue weighted by atomic mass is 9.84. The van der Waals surface area contributed by atoms with Crippen LogP contribution in [0.2, 0.25) is 0 Å². The maximum Gasteiger partial charge on any atom is 0.253 e. The van der Waals surface area contributed by atoms with E-state index >= 15 is 0 Å². The number of nitrogens with zero attached hydrogens (tertiary/aromatic N) is 3. The number of carbonyl (C=O) groups is 1. The molecule has 2 aromatic rings. The average molecular weight is 434 g/mol. The molecule has 5 rings (SSSR count). The van der Waals surface area contributed by atoms with Gasteiger partial charge in [0.05, 0.1) is 13.2 Å². The maximum atomic E-state index is 12.8. The molecule has 2 aromatic carbocycles. The van der Waals surface area contributed by atoms with Crippen molar-refractivity contribution in [3.63, 3.8) is 0 Å². The van der Waals surface area contributed by atoms with Crippen molar-refractivity contribution in [3.05, 3.63) is 77.9 Å². The molecule has 3 fully saturated rings. The van der Waals surface area contributed by atoms with Gasteiger partial charge in [0.1, 0.15) is 5.75 Å². The van der Waals surface area contributed by atoms with Crippen LogP contribution >= 0.6 is 0 Å². The van der Waals surface area contributed by atoms with E-state index in [1.807, 2.05) is 43.0 Å². The highest BCUT2D eigenvalue weighted by molar-refractivity contribution is 5.94. The summed E-state index contributed by atoms with van der Waals surface area (Å²) in [7, 11) is 1.71. The number of rotatable bonds is 9. The summed E-state index contributed by atoms with van der Waals surface area (Å²) in [5.74, 6) is 0.968. The van der Waals surface area contributed by atoms with Crippen LogP contribution in [-0.2, 0) is 0 Å². The number of piperidine rings is 1. The Morgan fingerprint density at radius 1 is 1.12 bits per heavy atom. The van der Waals surface area contributed by atoms with Gasteiger partial charge in [-0.05, 0) is 55.7 Å². The van der Waals surface area contributed by atoms with E-state index in [2.05, 4.69) is 46.7 Å². The Morgan fingerprint density at radius 2 is 1.81 bits per heavy atom. The third kappa shape index (κ3) is 4.32. The molecule has 0 N–H and O–H groups in total. The van der Waals surface area contributed by atoms with Crippen LogP contribution in [0.3, 0.4) is 0 Å². The van der Waals surface area contributed by atoms with E-state index in [0.717, 1.165) is 44.0 Å². The molecule has 1 amide bonds. The fraction of sp³-hybridized carbons (Fsp3) is 0.444. The SMILES string of the molecule is C=CCN1C2CC1CN(C(c1ccc(C(=O)N(CC)CC)cc1)c1cccc(OC)c1)C2. The molecular weight excluding hydrogens is 398 g/mol. The van der Waals surface area contributed by atoms with E-state index in [1.54, 1.807) is 7.11 Å². The minimum atomic E-state index is 0.0961. The van der Waals surface area contributed by atoms with Gasteiger partial charge < -0.3 is 9.64 Å². The molecule has 170 valence electrons. The number of hydrogen-bond acceptors (Lipinski definition) is 4. The fourth-order valence-electron chi connectivity index (χ4n) is 5.30. The standard InChI is InChI=1S/C27H35N3O2/c1-5-15-30-23-17-24(30)19-29(18-23)26(22-9-8-10-25(16-22)32-4)20-11-13-21(14-12-20)27(31)28(6-2)7-3/h5,8-14,16,23-24,26H,1,6-7,15,17-19H2,2-4H3. The average Bonchev–Trinajstić information content (AvgIpc) is 2.84. The van der Waals surface area contributed by atoms with Gasteiger partial charge in [-0.3, -0.25) is 14.6 Å². The molecular formula is C27H35N3O2. The van der Waals surface area contributed by atoms with E-state index in [0.29, 0.717) is 12.1 Å². The van der Waals surface area contributed by atoms with Gasteiger partial charge in [-0.2, -0.15) is 0 Å². The zero-order valence-electron chi connectivity index (χ0n) is 19.5. The second-order valence-electron chi connectivity index (χ2n) is 8.76. The number of hydrogen-bond donors (Lipinski definition) is 0. The molecule has 3 unspecified atom stereocenters. The van der Waals surface area contributed by atoms with Gasteiger partial charge in [-0.25, -0.2) is 0 Å². The molecule has 3 atom stereocenters. The molecule has 5 nitrogen and oxygen atoms in total. The lowest BCUT2D eigenvalue weighted by molar-refractivity contribution is -0.0706. The van der Waals surface area contributed by atoms with E-state index < -0.39 is 0 Å². The largest absolute Gasteiger partial charge is 0.497 e. The zero-order chi connectivity index (χ0) is 22.7. The minimum absolute atomic E-state index is 0.0961. The zero-order valence-corrected chi connectivity index (χ0v) is 19.5. The summed E-state index contributed by atoms with van der Waals surface area (Å²) < 4.78 is 5.52. The molecule has 2 bridgehead atoms. The van der Waals surface area contributed by atoms with Gasteiger partial charge in [0, 0.05) is 50.4 Å². The van der Waals surface area contributed by atoms with Gasteiger partial charge in [0.25, 0.3) is 5.91 Å². The number of fused-ring (bicyclic) bond motifs is 2. The highest BCUT2D eigenvalue weighted by Crippen LogP contribution is 2.39. The first-order valence-corrected chi connectivity index (χ1v) is 11.7. The van der Waals surface area contributed by atoms with Gasteiger partial charge in [0.2, 0.25) is 0 Å². The van der Waals surface area contributed by atoms with Crippen LogP contribution in [-0.4, -0.2) is 72.5 Å². The summed E-state index contributed by atoms with van der Waals surface area (Å²) in [5.41, 5.74) is 3.19. The Kier molecular flexibility index (Phi) is 6.97. The normalized spacial score (nSPS) is 21.5. The van der Waals surface area contributed by atoms with Crippen molar-refractivity contribution < 1.29 is 9.53 Å². The predicted octanol–water partition coefficient (Wildman–Crippen LogP) is 4.21. The van der Waals surface area contributed by atoms with Crippen molar-refractivity contribution in [2.75, 3.05) is 39.8 Å². The Balaban J connectivity index is 1.63. The summed E-state index contributed by atoms with van der Waals surface area (Å²) >= 11 is 0. The number of benzene rings is 2. The summed E-state index contributed by atoms with van der Waals surface area (Å²) in [5, 5.41) is 0. The molecule has 5 heteroatoms. The quantitative estimate of drug-likeness (QED) is 0.555. The Hall–Kier alpha value is -2.63. The highest BCUT2D eigenvalue weighted by atomic mass is 16.5. The monoisotopic (exact) mass is 433 g/mol. The molecule has 0 aromatic heterocycles. The second-order valence-corrected chi connectivity index (χ2v) is 8.76. The molecule has 0 saturated carbocycles. The first-order chi connectivity index (χ1) is 15.6. The van der Waals surface area contributed by atoms with Crippen molar-refractivity contribution in [1.82, 2.24) is 14.7 Å². The van der Waals surface area contributed by atoms with Crippen LogP contribution in [0.5, 0.6) is 5.75 Å². The predicted molar refractivity (Wildman–Crippen MR) is 129 cm³/mol. The van der Waals surface area contributed by atoms with Crippen molar-refractivity contribution in [2.45, 2.75) is 38.4 Å². The van der Waals surface area contributed by atoms with Gasteiger partial charge in [-0.1, -0.05) is 30.3 Å². The first kappa shape index (κ1) is 22.6. The minimum Gasteiger partial charge on any atom is -0.497 e. The second kappa shape index (κ2) is 9.88. The number of ether oxygens (including phenoxy) is 1. The molecule has 3 aliphatic rings. The molecule has 0 aliphatic carbocycles. The van der Waals surface area contributed by atoms with Crippen LogP contribution < -0.4 is 4.74 Å². The molecule has 3 saturated heterocycles. The smallest absolute Gasteiger partial charge is 0.253 e. The van der Waals surface area contributed by atoms with Crippen molar-refractivity contribution in [1.29, 1.82) is 0 Å². The number of piperazine rings is 1. The van der Waals surface area contributed by atoms with E-state index in [4.69, 9.17) is 4.74 Å². The van der Waals surface area contributed by atoms with Crippen LogP contribution in [0.25, 0.3) is 0 Å². The highest BCUT2D eigenvalue weighted by Gasteiger charge is 2.45. The maximum absolute atomic E-state index is 12.8. The van der Waals surface area contributed by atoms with E-state index in [-0.39, 0.29) is 11.9 Å². The molecule has 0 spiro atoms. The molecule has 3 heterocycles. The fourth-order valence-corrected chi connectivity index (χ4v) is 5.30. The van der Waals surface area contributed by atoms with Gasteiger partial charge in [0.15, 0.2) is 0 Å². The topological polar surface area (TPSA) is 36.0 Å². The van der Waals surface area contributed by atoms with E-state index in [1.165, 1.54) is 17.5 Å². The van der Waals surface area contributed by atoms with Crippen LogP contribution in [0.15, 0.2) is 61.2 Å². The number of amides is 1. The third-order valence-electron chi connectivity index (χ3n) is 7.01. The third-order valence-corrected chi connectivity index (χ3v) is 7.01. The number of methoxy groups -OCH3 is 1. The van der Waals surface area contributed by atoms with Crippen molar-refractivity contribution in [2.24, 2.45) is 0 Å². The molecule has 3 aliphatic heterocycles. The van der Waals surface area contributed by atoms with Crippen LogP contribution in [0.4, 0.5) is 0 Å².